The fourth-order valence-electron chi connectivity index (χ4n) is 2.79. The number of methoxy groups -OCH3 is 1. The van der Waals surface area contributed by atoms with Crippen LogP contribution in [0.2, 0.25) is 0 Å². The summed E-state index contributed by atoms with van der Waals surface area (Å²) in [6, 6.07) is 7.59. The normalized spacial score (nSPS) is 23.8. The number of benzene rings is 1. The molecule has 1 fully saturated rings. The van der Waals surface area contributed by atoms with E-state index >= 15 is 0 Å². The second-order valence-corrected chi connectivity index (χ2v) is 5.35. The number of fused-ring (bicyclic) bond motifs is 1. The summed E-state index contributed by atoms with van der Waals surface area (Å²) in [6.07, 6.45) is -0.159. The first-order valence-corrected chi connectivity index (χ1v) is 7.01. The van der Waals surface area contributed by atoms with Gasteiger partial charge in [-0.2, -0.15) is 0 Å². The maximum absolute atomic E-state index is 12.2. The SMILES string of the molecule is COC(=O)C1CC(OC(=O)N2Cc3ccccc3C2)CN1. The number of esters is 1. The Balaban J connectivity index is 1.53. The topological polar surface area (TPSA) is 67.9 Å². The Labute approximate surface area is 123 Å². The lowest BCUT2D eigenvalue weighted by molar-refractivity contribution is -0.142. The van der Waals surface area contributed by atoms with Crippen molar-refractivity contribution in [2.24, 2.45) is 0 Å². The van der Waals surface area contributed by atoms with Gasteiger partial charge in [-0.1, -0.05) is 24.3 Å². The van der Waals surface area contributed by atoms with E-state index in [0.717, 1.165) is 11.1 Å². The van der Waals surface area contributed by atoms with E-state index in [1.807, 2.05) is 24.3 Å². The first-order valence-electron chi connectivity index (χ1n) is 7.01. The zero-order chi connectivity index (χ0) is 14.8. The van der Waals surface area contributed by atoms with E-state index in [4.69, 9.17) is 4.74 Å². The molecule has 0 spiro atoms. The molecule has 1 saturated heterocycles. The second kappa shape index (κ2) is 5.73. The van der Waals surface area contributed by atoms with Gasteiger partial charge >= 0.3 is 12.1 Å². The van der Waals surface area contributed by atoms with Crippen molar-refractivity contribution in [3.63, 3.8) is 0 Å². The van der Waals surface area contributed by atoms with Crippen LogP contribution in [0.1, 0.15) is 17.5 Å². The van der Waals surface area contributed by atoms with Crippen LogP contribution in [0.4, 0.5) is 4.79 Å². The van der Waals surface area contributed by atoms with Gasteiger partial charge < -0.3 is 14.8 Å². The molecule has 0 aromatic heterocycles. The third-order valence-corrected chi connectivity index (χ3v) is 3.94. The Morgan fingerprint density at radius 2 is 1.90 bits per heavy atom. The van der Waals surface area contributed by atoms with E-state index < -0.39 is 0 Å². The predicted octanol–water partition coefficient (Wildman–Crippen LogP) is 1.04. The van der Waals surface area contributed by atoms with E-state index in [9.17, 15) is 9.59 Å². The van der Waals surface area contributed by atoms with Gasteiger partial charge in [0.1, 0.15) is 12.1 Å². The van der Waals surface area contributed by atoms with Crippen molar-refractivity contribution >= 4 is 12.1 Å². The zero-order valence-electron chi connectivity index (χ0n) is 11.9. The van der Waals surface area contributed by atoms with Crippen LogP contribution in [-0.4, -0.2) is 42.8 Å². The van der Waals surface area contributed by atoms with Crippen molar-refractivity contribution in [1.82, 2.24) is 10.2 Å². The highest BCUT2D eigenvalue weighted by Crippen LogP contribution is 2.23. The molecule has 1 N–H and O–H groups in total. The first-order chi connectivity index (χ1) is 10.2. The van der Waals surface area contributed by atoms with Crippen molar-refractivity contribution in [3.05, 3.63) is 35.4 Å². The molecule has 2 aliphatic rings. The summed E-state index contributed by atoms with van der Waals surface area (Å²) in [5.41, 5.74) is 2.32. The number of nitrogens with zero attached hydrogens (tertiary/aromatic N) is 1. The molecule has 2 heterocycles. The number of hydrogen-bond acceptors (Lipinski definition) is 5. The van der Waals surface area contributed by atoms with E-state index in [1.54, 1.807) is 4.90 Å². The van der Waals surface area contributed by atoms with E-state index in [-0.39, 0.29) is 24.2 Å². The van der Waals surface area contributed by atoms with Gasteiger partial charge in [0.15, 0.2) is 0 Å². The number of hydrogen-bond donors (Lipinski definition) is 1. The van der Waals surface area contributed by atoms with Gasteiger partial charge in [-0.15, -0.1) is 0 Å². The quantitative estimate of drug-likeness (QED) is 0.824. The summed E-state index contributed by atoms with van der Waals surface area (Å²) < 4.78 is 10.1. The summed E-state index contributed by atoms with van der Waals surface area (Å²) in [5, 5.41) is 3.00. The monoisotopic (exact) mass is 290 g/mol. The summed E-state index contributed by atoms with van der Waals surface area (Å²) in [7, 11) is 1.35. The first kappa shape index (κ1) is 13.9. The van der Waals surface area contributed by atoms with E-state index in [2.05, 4.69) is 10.1 Å². The van der Waals surface area contributed by atoms with Crippen LogP contribution in [0, 0.1) is 0 Å². The third-order valence-electron chi connectivity index (χ3n) is 3.94. The Morgan fingerprint density at radius 3 is 2.52 bits per heavy atom. The number of carbonyl (C=O) groups is 2. The molecule has 1 amide bonds. The van der Waals surface area contributed by atoms with Crippen molar-refractivity contribution < 1.29 is 19.1 Å². The lowest BCUT2D eigenvalue weighted by Gasteiger charge is -2.18. The van der Waals surface area contributed by atoms with Crippen molar-refractivity contribution in [2.45, 2.75) is 31.7 Å². The van der Waals surface area contributed by atoms with Gasteiger partial charge in [0.05, 0.1) is 7.11 Å². The van der Waals surface area contributed by atoms with Crippen LogP contribution in [0.15, 0.2) is 24.3 Å². The standard InChI is InChI=1S/C15H18N2O4/c1-20-14(18)13-6-12(7-16-13)21-15(19)17-8-10-4-2-3-5-11(10)9-17/h2-5,12-13,16H,6-9H2,1H3. The average molecular weight is 290 g/mol. The molecule has 0 bridgehead atoms. The van der Waals surface area contributed by atoms with Gasteiger partial charge in [-0.3, -0.25) is 9.69 Å². The van der Waals surface area contributed by atoms with Gasteiger partial charge in [0.25, 0.3) is 0 Å². The Morgan fingerprint density at radius 1 is 1.24 bits per heavy atom. The molecule has 1 aromatic carbocycles. The molecule has 0 aliphatic carbocycles. The lowest BCUT2D eigenvalue weighted by Crippen LogP contribution is -2.31. The molecule has 2 atom stereocenters. The zero-order valence-corrected chi connectivity index (χ0v) is 11.9. The Bertz CT molecular complexity index is 535. The van der Waals surface area contributed by atoms with Gasteiger partial charge in [-0.05, 0) is 11.1 Å². The third kappa shape index (κ3) is 2.85. The van der Waals surface area contributed by atoms with Crippen LogP contribution in [0.5, 0.6) is 0 Å². The van der Waals surface area contributed by atoms with E-state index in [1.165, 1.54) is 7.11 Å². The Hall–Kier alpha value is -2.08. The lowest BCUT2D eigenvalue weighted by atomic mass is 10.1. The fraction of sp³-hybridized carbons (Fsp3) is 0.467. The summed E-state index contributed by atoms with van der Waals surface area (Å²) in [4.78, 5) is 25.3. The van der Waals surface area contributed by atoms with Crippen LogP contribution in [-0.2, 0) is 27.4 Å². The minimum atomic E-state index is -0.386. The Kier molecular flexibility index (Phi) is 3.79. The molecule has 6 heteroatoms. The van der Waals surface area contributed by atoms with Gasteiger partial charge in [0, 0.05) is 26.1 Å². The largest absolute Gasteiger partial charge is 0.468 e. The highest BCUT2D eigenvalue weighted by molar-refractivity contribution is 5.76. The summed E-state index contributed by atoms with van der Waals surface area (Å²) >= 11 is 0. The van der Waals surface area contributed by atoms with Crippen molar-refractivity contribution in [1.29, 1.82) is 0 Å². The van der Waals surface area contributed by atoms with Crippen molar-refractivity contribution in [2.75, 3.05) is 13.7 Å². The maximum Gasteiger partial charge on any atom is 0.410 e. The molecule has 1 aromatic rings. The van der Waals surface area contributed by atoms with Crippen LogP contribution < -0.4 is 5.32 Å². The molecule has 6 nitrogen and oxygen atoms in total. The molecular weight excluding hydrogens is 272 g/mol. The minimum absolute atomic E-state index is 0.287. The predicted molar refractivity (Wildman–Crippen MR) is 74.4 cm³/mol. The molecule has 21 heavy (non-hydrogen) atoms. The highest BCUT2D eigenvalue weighted by atomic mass is 16.6. The maximum atomic E-state index is 12.2. The number of ether oxygens (including phenoxy) is 2. The fourth-order valence-corrected chi connectivity index (χ4v) is 2.79. The number of carbonyl (C=O) groups excluding carboxylic acids is 2. The molecule has 2 unspecified atom stereocenters. The number of amides is 1. The molecule has 3 rings (SSSR count). The van der Waals surface area contributed by atoms with Gasteiger partial charge in [-0.25, -0.2) is 4.79 Å². The molecular formula is C15H18N2O4. The molecule has 112 valence electrons. The molecule has 0 saturated carbocycles. The minimum Gasteiger partial charge on any atom is -0.468 e. The van der Waals surface area contributed by atoms with Crippen LogP contribution >= 0.6 is 0 Å². The highest BCUT2D eigenvalue weighted by Gasteiger charge is 2.34. The van der Waals surface area contributed by atoms with Crippen molar-refractivity contribution in [3.8, 4) is 0 Å². The molecule has 2 aliphatic heterocycles. The molecule has 0 radical (unpaired) electrons. The number of rotatable bonds is 2. The second-order valence-electron chi connectivity index (χ2n) is 5.35. The smallest absolute Gasteiger partial charge is 0.410 e. The van der Waals surface area contributed by atoms with Crippen LogP contribution in [0.3, 0.4) is 0 Å². The summed E-state index contributed by atoms with van der Waals surface area (Å²) in [6.45, 7) is 1.64. The number of nitrogens with one attached hydrogen (secondary N) is 1. The summed E-state index contributed by atoms with van der Waals surface area (Å²) in [5.74, 6) is -0.317. The van der Waals surface area contributed by atoms with E-state index in [0.29, 0.717) is 26.1 Å². The van der Waals surface area contributed by atoms with Crippen LogP contribution in [0.25, 0.3) is 0 Å². The average Bonchev–Trinajstić information content (AvgIpc) is 3.12. The van der Waals surface area contributed by atoms with Gasteiger partial charge in [0.2, 0.25) is 0 Å².